The number of hydrogen-bond acceptors (Lipinski definition) is 2. The minimum Gasteiger partial charge on any atom is -0.384 e. The van der Waals surface area contributed by atoms with E-state index >= 15 is 0 Å². The Morgan fingerprint density at radius 2 is 2.06 bits per heavy atom. The molecule has 1 N–H and O–H groups in total. The molecule has 16 heavy (non-hydrogen) atoms. The summed E-state index contributed by atoms with van der Waals surface area (Å²) < 4.78 is 0.972. The van der Waals surface area contributed by atoms with Gasteiger partial charge in [0.2, 0.25) is 0 Å². The molecule has 0 fully saturated rings. The van der Waals surface area contributed by atoms with Crippen molar-refractivity contribution in [1.82, 2.24) is 0 Å². The van der Waals surface area contributed by atoms with Gasteiger partial charge < -0.3 is 5.11 Å². The van der Waals surface area contributed by atoms with Crippen LogP contribution >= 0.6 is 50.5 Å². The lowest BCUT2D eigenvalue weighted by molar-refractivity contribution is 0.221. The van der Waals surface area contributed by atoms with Gasteiger partial charge in [0.1, 0.15) is 6.10 Å². The molecule has 0 bridgehead atoms. The Hall–Kier alpha value is -0.0600. The predicted octanol–water partition coefficient (Wildman–Crippen LogP) is 4.90. The van der Waals surface area contributed by atoms with Gasteiger partial charge in [-0.25, -0.2) is 0 Å². The molecule has 0 saturated carbocycles. The van der Waals surface area contributed by atoms with Gasteiger partial charge in [-0.15, -0.1) is 11.3 Å². The Kier molecular flexibility index (Phi) is 3.93. The van der Waals surface area contributed by atoms with Crippen LogP contribution in [0.5, 0.6) is 0 Å². The first-order valence-electron chi connectivity index (χ1n) is 4.45. The third-order valence-electron chi connectivity index (χ3n) is 2.18. The van der Waals surface area contributed by atoms with E-state index in [9.17, 15) is 5.11 Å². The van der Waals surface area contributed by atoms with Crippen LogP contribution in [-0.4, -0.2) is 5.11 Å². The first-order chi connectivity index (χ1) is 7.59. The van der Waals surface area contributed by atoms with Crippen molar-refractivity contribution in [1.29, 1.82) is 0 Å². The van der Waals surface area contributed by atoms with E-state index < -0.39 is 6.10 Å². The zero-order valence-electron chi connectivity index (χ0n) is 7.95. The molecule has 2 aromatic rings. The molecule has 0 radical (unpaired) electrons. The standard InChI is InChI=1S/C11H7BrCl2OS/c12-9-4-6(5-16-9)11(15)7-2-1-3-8(13)10(7)14/h1-5,11,15H. The fourth-order valence-corrected chi connectivity index (χ4v) is 2.98. The second-order valence-electron chi connectivity index (χ2n) is 3.23. The maximum absolute atomic E-state index is 10.2. The monoisotopic (exact) mass is 336 g/mol. The van der Waals surface area contributed by atoms with Gasteiger partial charge in [-0.3, -0.25) is 0 Å². The SMILES string of the molecule is OC(c1csc(Br)c1)c1cccc(Cl)c1Cl. The molecule has 0 saturated heterocycles. The molecule has 1 unspecified atom stereocenters. The highest BCUT2D eigenvalue weighted by Gasteiger charge is 2.16. The third-order valence-corrected chi connectivity index (χ3v) is 4.54. The normalized spacial score (nSPS) is 12.8. The van der Waals surface area contributed by atoms with Crippen LogP contribution in [-0.2, 0) is 0 Å². The molecule has 0 spiro atoms. The average Bonchev–Trinajstić information content (AvgIpc) is 2.68. The highest BCUT2D eigenvalue weighted by atomic mass is 79.9. The van der Waals surface area contributed by atoms with Crippen molar-refractivity contribution in [2.75, 3.05) is 0 Å². The van der Waals surface area contributed by atoms with Gasteiger partial charge in [0, 0.05) is 5.56 Å². The Labute approximate surface area is 116 Å². The van der Waals surface area contributed by atoms with E-state index in [1.165, 1.54) is 11.3 Å². The lowest BCUT2D eigenvalue weighted by Gasteiger charge is -2.11. The van der Waals surface area contributed by atoms with Gasteiger partial charge in [0.15, 0.2) is 0 Å². The molecule has 0 aliphatic rings. The maximum atomic E-state index is 10.2. The number of rotatable bonds is 2. The minimum absolute atomic E-state index is 0.402. The third kappa shape index (κ3) is 2.44. The van der Waals surface area contributed by atoms with E-state index in [0.717, 1.165) is 9.35 Å². The predicted molar refractivity (Wildman–Crippen MR) is 72.5 cm³/mol. The summed E-state index contributed by atoms with van der Waals surface area (Å²) in [5, 5.41) is 12.9. The molecule has 1 aromatic heterocycles. The van der Waals surface area contributed by atoms with E-state index in [1.807, 2.05) is 11.4 Å². The van der Waals surface area contributed by atoms with Gasteiger partial charge in [-0.05, 0) is 39.0 Å². The molecular formula is C11H7BrCl2OS. The highest BCUT2D eigenvalue weighted by molar-refractivity contribution is 9.11. The molecule has 0 amide bonds. The molecule has 1 atom stereocenters. The highest BCUT2D eigenvalue weighted by Crippen LogP contribution is 2.35. The summed E-state index contributed by atoms with van der Waals surface area (Å²) in [6, 6.07) is 7.11. The van der Waals surface area contributed by atoms with Crippen LogP contribution in [0, 0.1) is 0 Å². The van der Waals surface area contributed by atoms with E-state index in [0.29, 0.717) is 15.6 Å². The largest absolute Gasteiger partial charge is 0.384 e. The van der Waals surface area contributed by atoms with Gasteiger partial charge in [0.05, 0.1) is 13.8 Å². The number of thiophene rings is 1. The van der Waals surface area contributed by atoms with Crippen LogP contribution < -0.4 is 0 Å². The molecule has 2 rings (SSSR count). The Morgan fingerprint density at radius 3 is 2.69 bits per heavy atom. The number of aliphatic hydroxyl groups is 1. The second kappa shape index (κ2) is 5.07. The Bertz CT molecular complexity index is 512. The first kappa shape index (κ1) is 12.4. The van der Waals surface area contributed by atoms with Crippen molar-refractivity contribution in [2.45, 2.75) is 6.10 Å². The summed E-state index contributed by atoms with van der Waals surface area (Å²) in [4.78, 5) is 0. The summed E-state index contributed by atoms with van der Waals surface area (Å²) in [5.41, 5.74) is 1.43. The summed E-state index contributed by atoms with van der Waals surface area (Å²) in [7, 11) is 0. The summed E-state index contributed by atoms with van der Waals surface area (Å²) in [6.45, 7) is 0. The van der Waals surface area contributed by atoms with E-state index in [1.54, 1.807) is 18.2 Å². The smallest absolute Gasteiger partial charge is 0.106 e. The first-order valence-corrected chi connectivity index (χ1v) is 6.88. The van der Waals surface area contributed by atoms with Crippen molar-refractivity contribution in [3.05, 3.63) is 54.6 Å². The molecule has 0 aliphatic heterocycles. The van der Waals surface area contributed by atoms with E-state index in [-0.39, 0.29) is 0 Å². The van der Waals surface area contributed by atoms with Crippen LogP contribution in [0.15, 0.2) is 33.4 Å². The molecule has 1 aromatic carbocycles. The number of halogens is 3. The molecule has 84 valence electrons. The van der Waals surface area contributed by atoms with Crippen LogP contribution in [0.25, 0.3) is 0 Å². The van der Waals surface area contributed by atoms with Crippen molar-refractivity contribution >= 4 is 50.5 Å². The molecule has 5 heteroatoms. The van der Waals surface area contributed by atoms with Crippen LogP contribution in [0.1, 0.15) is 17.2 Å². The second-order valence-corrected chi connectivity index (χ2v) is 6.31. The zero-order valence-corrected chi connectivity index (χ0v) is 11.9. The number of benzene rings is 1. The zero-order chi connectivity index (χ0) is 11.7. The summed E-state index contributed by atoms with van der Waals surface area (Å²) in [6.07, 6.45) is -0.742. The quantitative estimate of drug-likeness (QED) is 0.826. The minimum atomic E-state index is -0.742. The van der Waals surface area contributed by atoms with Gasteiger partial charge >= 0.3 is 0 Å². The van der Waals surface area contributed by atoms with Crippen LogP contribution in [0.4, 0.5) is 0 Å². The lowest BCUT2D eigenvalue weighted by Crippen LogP contribution is -1.98. The van der Waals surface area contributed by atoms with Gasteiger partial charge in [-0.2, -0.15) is 0 Å². The van der Waals surface area contributed by atoms with E-state index in [4.69, 9.17) is 23.2 Å². The van der Waals surface area contributed by atoms with Crippen LogP contribution in [0.2, 0.25) is 10.0 Å². The number of hydrogen-bond donors (Lipinski definition) is 1. The number of aliphatic hydroxyl groups excluding tert-OH is 1. The summed E-state index contributed by atoms with van der Waals surface area (Å²) in [5.74, 6) is 0. The maximum Gasteiger partial charge on any atom is 0.106 e. The van der Waals surface area contributed by atoms with Gasteiger partial charge in [0.25, 0.3) is 0 Å². The van der Waals surface area contributed by atoms with Crippen molar-refractivity contribution in [3.63, 3.8) is 0 Å². The Morgan fingerprint density at radius 1 is 1.31 bits per heavy atom. The molecule has 1 heterocycles. The van der Waals surface area contributed by atoms with Crippen molar-refractivity contribution in [3.8, 4) is 0 Å². The van der Waals surface area contributed by atoms with Gasteiger partial charge in [-0.1, -0.05) is 35.3 Å². The van der Waals surface area contributed by atoms with E-state index in [2.05, 4.69) is 15.9 Å². The average molecular weight is 338 g/mol. The fourth-order valence-electron chi connectivity index (χ4n) is 1.38. The van der Waals surface area contributed by atoms with Crippen LogP contribution in [0.3, 0.4) is 0 Å². The summed E-state index contributed by atoms with van der Waals surface area (Å²) >= 11 is 16.8. The lowest BCUT2D eigenvalue weighted by atomic mass is 10.0. The Balaban J connectivity index is 2.41. The molecule has 0 aliphatic carbocycles. The molecular weight excluding hydrogens is 331 g/mol. The van der Waals surface area contributed by atoms with Crippen molar-refractivity contribution in [2.24, 2.45) is 0 Å². The van der Waals surface area contributed by atoms with Crippen molar-refractivity contribution < 1.29 is 5.11 Å². The fraction of sp³-hybridized carbons (Fsp3) is 0.0909. The topological polar surface area (TPSA) is 20.2 Å². The molecule has 1 nitrogen and oxygen atoms in total.